The van der Waals surface area contributed by atoms with Gasteiger partial charge < -0.3 is 9.64 Å². The first-order valence-electron chi connectivity index (χ1n) is 10.8. The number of carbonyl (C=O) groups is 1. The van der Waals surface area contributed by atoms with Crippen molar-refractivity contribution in [3.8, 4) is 17.0 Å². The molecule has 0 fully saturated rings. The third-order valence-corrected chi connectivity index (χ3v) is 5.76. The monoisotopic (exact) mass is 408 g/mol. The fourth-order valence-corrected chi connectivity index (χ4v) is 4.28. The zero-order valence-electron chi connectivity index (χ0n) is 17.5. The van der Waals surface area contributed by atoms with E-state index in [1.807, 2.05) is 84.6 Å². The minimum atomic E-state index is 0.0259. The number of nitrogens with zero attached hydrogens (tertiary/aromatic N) is 2. The summed E-state index contributed by atoms with van der Waals surface area (Å²) in [7, 11) is 0. The molecule has 0 saturated heterocycles. The highest BCUT2D eigenvalue weighted by Crippen LogP contribution is 2.31. The van der Waals surface area contributed by atoms with Gasteiger partial charge in [-0.25, -0.2) is 4.98 Å². The van der Waals surface area contributed by atoms with Gasteiger partial charge in [0.15, 0.2) is 0 Å². The molecular formula is C27H24N2O2. The minimum Gasteiger partial charge on any atom is -0.494 e. The maximum Gasteiger partial charge on any atom is 0.259 e. The van der Waals surface area contributed by atoms with Crippen LogP contribution in [0.1, 0.15) is 29.3 Å². The van der Waals surface area contributed by atoms with Crippen LogP contribution in [0, 0.1) is 0 Å². The first kappa shape index (κ1) is 19.3. The van der Waals surface area contributed by atoms with Crippen molar-refractivity contribution in [2.24, 2.45) is 0 Å². The number of amides is 1. The molecule has 1 aromatic heterocycles. The van der Waals surface area contributed by atoms with Gasteiger partial charge in [-0.15, -0.1) is 0 Å². The van der Waals surface area contributed by atoms with E-state index in [1.54, 1.807) is 0 Å². The highest BCUT2D eigenvalue weighted by molar-refractivity contribution is 6.14. The molecule has 4 aromatic rings. The van der Waals surface area contributed by atoms with Gasteiger partial charge in [-0.05, 0) is 67.8 Å². The number of para-hydroxylation sites is 2. The third-order valence-electron chi connectivity index (χ3n) is 5.76. The van der Waals surface area contributed by atoms with Crippen molar-refractivity contribution in [1.82, 2.24) is 4.98 Å². The van der Waals surface area contributed by atoms with Gasteiger partial charge in [-0.2, -0.15) is 0 Å². The summed E-state index contributed by atoms with van der Waals surface area (Å²) in [6.07, 6.45) is 1.98. The summed E-state index contributed by atoms with van der Waals surface area (Å²) in [5.74, 6) is 0.853. The zero-order valence-corrected chi connectivity index (χ0v) is 17.5. The smallest absolute Gasteiger partial charge is 0.259 e. The zero-order chi connectivity index (χ0) is 21.2. The summed E-state index contributed by atoms with van der Waals surface area (Å²) < 4.78 is 5.56. The molecule has 3 aromatic carbocycles. The van der Waals surface area contributed by atoms with E-state index < -0.39 is 0 Å². The second kappa shape index (κ2) is 8.23. The standard InChI is InChI=1S/C27H24N2O2/c1-2-31-21-15-13-19(14-16-21)25-18-23(22-10-4-5-11-24(22)28-25)27(30)29-17-7-9-20-8-3-6-12-26(20)29/h3-6,8,10-16,18H,2,7,9,17H2,1H3. The van der Waals surface area contributed by atoms with E-state index in [0.717, 1.165) is 53.0 Å². The summed E-state index contributed by atoms with van der Waals surface area (Å²) in [4.78, 5) is 20.5. The van der Waals surface area contributed by atoms with Crippen LogP contribution in [-0.4, -0.2) is 24.0 Å². The van der Waals surface area contributed by atoms with Crippen molar-refractivity contribution >= 4 is 22.5 Å². The Morgan fingerprint density at radius 2 is 1.77 bits per heavy atom. The second-order valence-corrected chi connectivity index (χ2v) is 7.72. The lowest BCUT2D eigenvalue weighted by atomic mass is 9.99. The van der Waals surface area contributed by atoms with Gasteiger partial charge in [0.2, 0.25) is 0 Å². The van der Waals surface area contributed by atoms with Crippen LogP contribution in [0.5, 0.6) is 5.75 Å². The largest absolute Gasteiger partial charge is 0.494 e. The SMILES string of the molecule is CCOc1ccc(-c2cc(C(=O)N3CCCc4ccccc43)c3ccccc3n2)cc1. The molecule has 1 aliphatic heterocycles. The van der Waals surface area contributed by atoms with Gasteiger partial charge in [0.25, 0.3) is 5.91 Å². The van der Waals surface area contributed by atoms with Crippen LogP contribution in [0.3, 0.4) is 0 Å². The maximum atomic E-state index is 13.8. The van der Waals surface area contributed by atoms with Crippen LogP contribution in [0.15, 0.2) is 78.9 Å². The molecule has 0 unspecified atom stereocenters. The molecule has 4 heteroatoms. The van der Waals surface area contributed by atoms with Gasteiger partial charge in [0, 0.05) is 23.2 Å². The Kier molecular flexibility index (Phi) is 5.13. The number of pyridine rings is 1. The number of hydrogen-bond acceptors (Lipinski definition) is 3. The number of fused-ring (bicyclic) bond motifs is 2. The molecule has 1 aliphatic rings. The predicted octanol–water partition coefficient (Wildman–Crippen LogP) is 5.89. The molecule has 0 bridgehead atoms. The topological polar surface area (TPSA) is 42.4 Å². The number of benzene rings is 3. The van der Waals surface area contributed by atoms with E-state index in [9.17, 15) is 4.79 Å². The average Bonchev–Trinajstić information content (AvgIpc) is 2.83. The number of aryl methyl sites for hydroxylation is 1. The van der Waals surface area contributed by atoms with E-state index in [2.05, 4.69) is 6.07 Å². The van der Waals surface area contributed by atoms with Crippen LogP contribution < -0.4 is 9.64 Å². The van der Waals surface area contributed by atoms with E-state index in [4.69, 9.17) is 9.72 Å². The van der Waals surface area contributed by atoms with Gasteiger partial charge in [-0.3, -0.25) is 4.79 Å². The average molecular weight is 409 g/mol. The van der Waals surface area contributed by atoms with Crippen molar-refractivity contribution < 1.29 is 9.53 Å². The van der Waals surface area contributed by atoms with Crippen LogP contribution in [0.4, 0.5) is 5.69 Å². The first-order valence-corrected chi connectivity index (χ1v) is 10.8. The van der Waals surface area contributed by atoms with Gasteiger partial charge >= 0.3 is 0 Å². The summed E-state index contributed by atoms with van der Waals surface area (Å²) in [6, 6.07) is 25.9. The molecule has 0 saturated carbocycles. The Hall–Kier alpha value is -3.66. The van der Waals surface area contributed by atoms with Crippen LogP contribution in [-0.2, 0) is 6.42 Å². The van der Waals surface area contributed by atoms with Crippen molar-refractivity contribution in [2.45, 2.75) is 19.8 Å². The quantitative estimate of drug-likeness (QED) is 0.423. The van der Waals surface area contributed by atoms with Gasteiger partial charge in [0.05, 0.1) is 23.4 Å². The van der Waals surface area contributed by atoms with Crippen molar-refractivity contribution in [2.75, 3.05) is 18.1 Å². The highest BCUT2D eigenvalue weighted by Gasteiger charge is 2.25. The Morgan fingerprint density at radius 1 is 1.00 bits per heavy atom. The minimum absolute atomic E-state index is 0.0259. The molecule has 0 radical (unpaired) electrons. The maximum absolute atomic E-state index is 13.8. The summed E-state index contributed by atoms with van der Waals surface area (Å²) in [5.41, 5.74) is 5.50. The normalized spacial score (nSPS) is 13.1. The van der Waals surface area contributed by atoms with E-state index in [1.165, 1.54) is 5.56 Å². The number of rotatable bonds is 4. The summed E-state index contributed by atoms with van der Waals surface area (Å²) >= 11 is 0. The molecule has 31 heavy (non-hydrogen) atoms. The number of ether oxygens (including phenoxy) is 1. The molecule has 154 valence electrons. The molecule has 0 spiro atoms. The van der Waals surface area contributed by atoms with E-state index in [-0.39, 0.29) is 5.91 Å². The third kappa shape index (κ3) is 3.66. The van der Waals surface area contributed by atoms with Crippen molar-refractivity contribution in [1.29, 1.82) is 0 Å². The van der Waals surface area contributed by atoms with E-state index >= 15 is 0 Å². The lowest BCUT2D eigenvalue weighted by Crippen LogP contribution is -2.35. The fraction of sp³-hybridized carbons (Fsp3) is 0.185. The molecule has 0 atom stereocenters. The number of hydrogen-bond donors (Lipinski definition) is 0. The van der Waals surface area contributed by atoms with Crippen molar-refractivity contribution in [3.05, 3.63) is 90.0 Å². The molecule has 2 heterocycles. The molecular weight excluding hydrogens is 384 g/mol. The fourth-order valence-electron chi connectivity index (χ4n) is 4.28. The Bertz CT molecular complexity index is 1250. The van der Waals surface area contributed by atoms with E-state index in [0.29, 0.717) is 12.2 Å². The Morgan fingerprint density at radius 3 is 2.61 bits per heavy atom. The lowest BCUT2D eigenvalue weighted by Gasteiger charge is -2.30. The number of carbonyl (C=O) groups excluding carboxylic acids is 1. The molecule has 0 aliphatic carbocycles. The van der Waals surface area contributed by atoms with Crippen molar-refractivity contribution in [3.63, 3.8) is 0 Å². The number of anilines is 1. The molecule has 5 rings (SSSR count). The Labute approximate surface area is 182 Å². The van der Waals surface area contributed by atoms with Gasteiger partial charge in [-0.1, -0.05) is 36.4 Å². The first-order chi connectivity index (χ1) is 15.2. The lowest BCUT2D eigenvalue weighted by molar-refractivity contribution is 0.0986. The Balaban J connectivity index is 1.61. The van der Waals surface area contributed by atoms with Gasteiger partial charge in [0.1, 0.15) is 5.75 Å². The van der Waals surface area contributed by atoms with Crippen LogP contribution in [0.2, 0.25) is 0 Å². The molecule has 1 amide bonds. The predicted molar refractivity (Wildman–Crippen MR) is 125 cm³/mol. The number of aromatic nitrogens is 1. The van der Waals surface area contributed by atoms with Crippen LogP contribution >= 0.6 is 0 Å². The summed E-state index contributed by atoms with van der Waals surface area (Å²) in [5, 5.41) is 0.880. The molecule has 0 N–H and O–H groups in total. The highest BCUT2D eigenvalue weighted by atomic mass is 16.5. The van der Waals surface area contributed by atoms with Crippen LogP contribution in [0.25, 0.3) is 22.2 Å². The summed E-state index contributed by atoms with van der Waals surface area (Å²) in [6.45, 7) is 3.32. The molecule has 4 nitrogen and oxygen atoms in total. The second-order valence-electron chi connectivity index (χ2n) is 7.72.